The van der Waals surface area contributed by atoms with Crippen molar-refractivity contribution in [2.45, 2.75) is 58.2 Å². The van der Waals surface area contributed by atoms with E-state index in [0.29, 0.717) is 0 Å². The Morgan fingerprint density at radius 3 is 2.00 bits per heavy atom. The van der Waals surface area contributed by atoms with Gasteiger partial charge >= 0.3 is 0 Å². The molecule has 15 heavy (non-hydrogen) atoms. The highest BCUT2D eigenvalue weighted by molar-refractivity contribution is 6.83. The van der Waals surface area contributed by atoms with Crippen molar-refractivity contribution in [3.63, 3.8) is 0 Å². The van der Waals surface area contributed by atoms with Crippen molar-refractivity contribution < 1.29 is 0 Å². The van der Waals surface area contributed by atoms with Crippen molar-refractivity contribution in [2.75, 3.05) is 0 Å². The van der Waals surface area contributed by atoms with E-state index in [2.05, 4.69) is 62.9 Å². The molecule has 0 amide bonds. The Kier molecular flexibility index (Phi) is 6.23. The Morgan fingerprint density at radius 2 is 1.53 bits per heavy atom. The molecule has 0 nitrogen and oxygen atoms in total. The molecule has 0 aliphatic heterocycles. The molecule has 0 aromatic heterocycles. The van der Waals surface area contributed by atoms with Crippen LogP contribution in [-0.2, 0) is 0 Å². The Hall–Kier alpha value is -0.266. The van der Waals surface area contributed by atoms with Crippen molar-refractivity contribution in [1.29, 1.82) is 0 Å². The van der Waals surface area contributed by atoms with Crippen LogP contribution in [0.1, 0.15) is 12.8 Å². The summed E-state index contributed by atoms with van der Waals surface area (Å²) in [7, 11) is -2.01. The average Bonchev–Trinajstić information content (AvgIpc) is 1.98. The van der Waals surface area contributed by atoms with Crippen LogP contribution in [0.15, 0.2) is 12.2 Å². The predicted molar refractivity (Wildman–Crippen MR) is 77.6 cm³/mol. The summed E-state index contributed by atoms with van der Waals surface area (Å²) in [4.78, 5) is 0. The van der Waals surface area contributed by atoms with Crippen molar-refractivity contribution in [2.24, 2.45) is 0 Å². The van der Waals surface area contributed by atoms with Crippen LogP contribution in [-0.4, -0.2) is 16.1 Å². The molecule has 0 atom stereocenters. The van der Waals surface area contributed by atoms with Crippen molar-refractivity contribution in [3.8, 4) is 11.5 Å². The molecular formula is C13H26Si2. The summed E-state index contributed by atoms with van der Waals surface area (Å²) in [5, 5.41) is 0. The summed E-state index contributed by atoms with van der Waals surface area (Å²) >= 11 is 0. The molecule has 0 N–H and O–H groups in total. The second kappa shape index (κ2) is 6.35. The maximum Gasteiger partial charge on any atom is 0.129 e. The van der Waals surface area contributed by atoms with Crippen molar-refractivity contribution in [3.05, 3.63) is 12.2 Å². The van der Waals surface area contributed by atoms with Gasteiger partial charge in [0.15, 0.2) is 0 Å². The molecule has 0 aromatic carbocycles. The lowest BCUT2D eigenvalue weighted by Gasteiger charge is -2.11. The Bertz CT molecular complexity index is 253. The molecule has 0 spiro atoms. The normalized spacial score (nSPS) is 12.7. The molecule has 2 heteroatoms. The van der Waals surface area contributed by atoms with E-state index in [1.165, 1.54) is 6.04 Å². The first-order chi connectivity index (χ1) is 6.71. The van der Waals surface area contributed by atoms with Gasteiger partial charge in [-0.2, -0.15) is 0 Å². The zero-order valence-corrected chi connectivity index (χ0v) is 13.3. The van der Waals surface area contributed by atoms with Gasteiger partial charge in [0.2, 0.25) is 0 Å². The van der Waals surface area contributed by atoms with E-state index in [9.17, 15) is 0 Å². The lowest BCUT2D eigenvalue weighted by atomic mass is 10.3. The van der Waals surface area contributed by atoms with Crippen LogP contribution < -0.4 is 0 Å². The van der Waals surface area contributed by atoms with Gasteiger partial charge < -0.3 is 0 Å². The van der Waals surface area contributed by atoms with Crippen LogP contribution in [0.5, 0.6) is 0 Å². The van der Waals surface area contributed by atoms with Gasteiger partial charge in [-0.3, -0.25) is 0 Å². The zero-order valence-electron chi connectivity index (χ0n) is 11.3. The average molecular weight is 239 g/mol. The van der Waals surface area contributed by atoms with Crippen LogP contribution in [0.4, 0.5) is 0 Å². The maximum absolute atomic E-state index is 3.39. The first-order valence-electron chi connectivity index (χ1n) is 5.86. The summed E-state index contributed by atoms with van der Waals surface area (Å²) in [6.07, 6.45) is 6.81. The van der Waals surface area contributed by atoms with Gasteiger partial charge in [0.25, 0.3) is 0 Å². The van der Waals surface area contributed by atoms with Gasteiger partial charge in [0.05, 0.1) is 0 Å². The fourth-order valence-electron chi connectivity index (χ4n) is 1.04. The van der Waals surface area contributed by atoms with Gasteiger partial charge in [-0.1, -0.05) is 51.4 Å². The number of unbranched alkanes of at least 4 members (excludes halogenated alkanes) is 1. The van der Waals surface area contributed by atoms with Gasteiger partial charge in [-0.25, -0.2) is 0 Å². The van der Waals surface area contributed by atoms with E-state index in [4.69, 9.17) is 0 Å². The van der Waals surface area contributed by atoms with E-state index in [-0.39, 0.29) is 0 Å². The molecule has 0 radical (unpaired) electrons. The topological polar surface area (TPSA) is 0 Å². The van der Waals surface area contributed by atoms with Crippen LogP contribution in [0, 0.1) is 11.5 Å². The summed E-state index contributed by atoms with van der Waals surface area (Å²) in [5.41, 5.74) is 3.39. The highest BCUT2D eigenvalue weighted by Gasteiger charge is 2.09. The highest BCUT2D eigenvalue weighted by atomic mass is 28.3. The molecule has 0 aliphatic rings. The lowest BCUT2D eigenvalue weighted by Crippen LogP contribution is -2.17. The third-order valence-corrected chi connectivity index (χ3v) is 4.18. The smallest absolute Gasteiger partial charge is 0.129 e. The SMILES string of the molecule is C[Si](C)(C)C#CCC/C=C\C[Si](C)(C)C. The standard InChI is InChI=1S/C13H26Si2/c1-14(2,3)12-10-8-7-9-11-13-15(4,5)6/h8,10H,7,9,12H2,1-6H3/b10-8-. The molecule has 0 unspecified atom stereocenters. The molecule has 0 saturated carbocycles. The Labute approximate surface area is 98.2 Å². The molecule has 0 aliphatic carbocycles. The quantitative estimate of drug-likeness (QED) is 0.292. The first-order valence-corrected chi connectivity index (χ1v) is 13.1. The Morgan fingerprint density at radius 1 is 0.933 bits per heavy atom. The number of allylic oxidation sites excluding steroid dienone is 2. The van der Waals surface area contributed by atoms with E-state index in [0.717, 1.165) is 12.8 Å². The number of hydrogen-bond donors (Lipinski definition) is 0. The fraction of sp³-hybridized carbons (Fsp3) is 0.692. The van der Waals surface area contributed by atoms with Crippen LogP contribution >= 0.6 is 0 Å². The number of hydrogen-bond acceptors (Lipinski definition) is 0. The second-order valence-corrected chi connectivity index (χ2v) is 16.6. The predicted octanol–water partition coefficient (Wildman–Crippen LogP) is 4.54. The minimum Gasteiger partial charge on any atom is -0.132 e. The van der Waals surface area contributed by atoms with Crippen LogP contribution in [0.25, 0.3) is 0 Å². The minimum atomic E-state index is -1.13. The van der Waals surface area contributed by atoms with E-state index >= 15 is 0 Å². The van der Waals surface area contributed by atoms with Crippen molar-refractivity contribution in [1.82, 2.24) is 0 Å². The van der Waals surface area contributed by atoms with Crippen LogP contribution in [0.2, 0.25) is 45.3 Å². The minimum absolute atomic E-state index is 0.872. The second-order valence-electron chi connectivity index (χ2n) is 6.33. The van der Waals surface area contributed by atoms with Gasteiger partial charge in [0.1, 0.15) is 8.07 Å². The maximum atomic E-state index is 3.39. The third-order valence-electron chi connectivity index (χ3n) is 1.80. The molecule has 0 aromatic rings. The first kappa shape index (κ1) is 14.7. The molecule has 0 rings (SSSR count). The molecule has 0 fully saturated rings. The summed E-state index contributed by atoms with van der Waals surface area (Å²) in [5.74, 6) is 3.29. The summed E-state index contributed by atoms with van der Waals surface area (Å²) < 4.78 is 0. The third kappa shape index (κ3) is 13.7. The van der Waals surface area contributed by atoms with Gasteiger partial charge in [0, 0.05) is 14.5 Å². The van der Waals surface area contributed by atoms with Crippen LogP contribution in [0.3, 0.4) is 0 Å². The largest absolute Gasteiger partial charge is 0.132 e. The van der Waals surface area contributed by atoms with Gasteiger partial charge in [-0.05, 0) is 12.5 Å². The molecule has 0 heterocycles. The van der Waals surface area contributed by atoms with E-state index in [1.54, 1.807) is 0 Å². The lowest BCUT2D eigenvalue weighted by molar-refractivity contribution is 1.08. The van der Waals surface area contributed by atoms with E-state index in [1.807, 2.05) is 0 Å². The fourth-order valence-corrected chi connectivity index (χ4v) is 2.57. The summed E-state index contributed by atoms with van der Waals surface area (Å²) in [6.45, 7) is 14.1. The van der Waals surface area contributed by atoms with Gasteiger partial charge in [-0.15, -0.1) is 11.5 Å². The van der Waals surface area contributed by atoms with E-state index < -0.39 is 16.1 Å². The Balaban J connectivity index is 3.67. The molecule has 0 bridgehead atoms. The molecule has 86 valence electrons. The molecule has 0 saturated heterocycles. The van der Waals surface area contributed by atoms with Crippen molar-refractivity contribution >= 4 is 16.1 Å². The zero-order chi connectivity index (χ0) is 11.9. The number of rotatable bonds is 4. The highest BCUT2D eigenvalue weighted by Crippen LogP contribution is 2.08. The molecular weight excluding hydrogens is 212 g/mol. The summed E-state index contributed by atoms with van der Waals surface area (Å²) in [6, 6.07) is 1.30. The monoisotopic (exact) mass is 238 g/mol.